The maximum Gasteiger partial charge on any atom is 0.251 e. The Morgan fingerprint density at radius 2 is 2.05 bits per heavy atom. The number of carbonyl (C=O) groups is 2. The Bertz CT molecular complexity index is 449. The van der Waals surface area contributed by atoms with Crippen LogP contribution >= 0.6 is 0 Å². The third-order valence-electron chi connectivity index (χ3n) is 2.45. The minimum atomic E-state index is -0.312. The molecule has 6 heteroatoms. The Kier molecular flexibility index (Phi) is 7.13. The summed E-state index contributed by atoms with van der Waals surface area (Å²) in [6.45, 7) is 3.20. The molecule has 110 valence electrons. The molecule has 0 unspecified atom stereocenters. The maximum absolute atomic E-state index is 11.9. The van der Waals surface area contributed by atoms with Crippen LogP contribution in [0.5, 0.6) is 5.75 Å². The normalized spacial score (nSPS) is 9.90. The maximum atomic E-state index is 11.9. The first-order valence-corrected chi connectivity index (χ1v) is 6.44. The Hall–Kier alpha value is -2.08. The molecule has 0 saturated carbocycles. The summed E-state index contributed by atoms with van der Waals surface area (Å²) in [6, 6.07) is 6.82. The number of amides is 2. The Balaban J connectivity index is 2.42. The van der Waals surface area contributed by atoms with Gasteiger partial charge in [-0.2, -0.15) is 0 Å². The number of rotatable bonds is 8. The van der Waals surface area contributed by atoms with Crippen molar-refractivity contribution in [2.45, 2.75) is 6.92 Å². The molecule has 0 heterocycles. The van der Waals surface area contributed by atoms with E-state index in [0.717, 1.165) is 0 Å². The van der Waals surface area contributed by atoms with Crippen LogP contribution in [0.15, 0.2) is 24.3 Å². The van der Waals surface area contributed by atoms with Gasteiger partial charge in [-0.15, -0.1) is 0 Å². The van der Waals surface area contributed by atoms with Crippen molar-refractivity contribution in [3.8, 4) is 5.75 Å². The first-order chi connectivity index (χ1) is 9.67. The van der Waals surface area contributed by atoms with E-state index in [2.05, 4.69) is 10.6 Å². The summed E-state index contributed by atoms with van der Waals surface area (Å²) >= 11 is 0. The van der Waals surface area contributed by atoms with Gasteiger partial charge in [-0.3, -0.25) is 9.59 Å². The monoisotopic (exact) mass is 280 g/mol. The molecular formula is C14H20N2O4. The van der Waals surface area contributed by atoms with Gasteiger partial charge in [0.25, 0.3) is 5.91 Å². The second-order valence-corrected chi connectivity index (χ2v) is 3.99. The first kappa shape index (κ1) is 16.0. The molecule has 0 spiro atoms. The van der Waals surface area contributed by atoms with Crippen molar-refractivity contribution >= 4 is 11.8 Å². The van der Waals surface area contributed by atoms with Gasteiger partial charge in [0.15, 0.2) is 0 Å². The lowest BCUT2D eigenvalue weighted by molar-refractivity contribution is -0.120. The summed E-state index contributed by atoms with van der Waals surface area (Å²) < 4.78 is 10.1. The van der Waals surface area contributed by atoms with Crippen molar-refractivity contribution in [2.75, 3.05) is 33.4 Å². The lowest BCUT2D eigenvalue weighted by Gasteiger charge is -2.08. The second kappa shape index (κ2) is 8.92. The number of carbonyl (C=O) groups excluding carboxylic acids is 2. The number of hydrogen-bond donors (Lipinski definition) is 2. The van der Waals surface area contributed by atoms with Crippen LogP contribution in [0.4, 0.5) is 0 Å². The molecule has 0 fully saturated rings. The fourth-order valence-electron chi connectivity index (χ4n) is 1.51. The average Bonchev–Trinajstić information content (AvgIpc) is 2.46. The SMILES string of the molecule is CCOc1cccc(C(=O)NCC(=O)NCCOC)c1. The zero-order valence-corrected chi connectivity index (χ0v) is 11.8. The number of nitrogens with one attached hydrogen (secondary N) is 2. The molecule has 0 aliphatic heterocycles. The molecule has 0 bridgehead atoms. The van der Waals surface area contributed by atoms with Gasteiger partial charge >= 0.3 is 0 Å². The lowest BCUT2D eigenvalue weighted by atomic mass is 10.2. The van der Waals surface area contributed by atoms with Gasteiger partial charge in [0.05, 0.1) is 19.8 Å². The summed E-state index contributed by atoms with van der Waals surface area (Å²) in [5.41, 5.74) is 0.459. The van der Waals surface area contributed by atoms with Crippen LogP contribution in [0.2, 0.25) is 0 Å². The molecule has 0 atom stereocenters. The number of hydrogen-bond acceptors (Lipinski definition) is 4. The van der Waals surface area contributed by atoms with Gasteiger partial charge in [0.1, 0.15) is 5.75 Å². The third-order valence-corrected chi connectivity index (χ3v) is 2.45. The molecule has 20 heavy (non-hydrogen) atoms. The van der Waals surface area contributed by atoms with Crippen molar-refractivity contribution in [2.24, 2.45) is 0 Å². The fraction of sp³-hybridized carbons (Fsp3) is 0.429. The third kappa shape index (κ3) is 5.71. The number of methoxy groups -OCH3 is 1. The van der Waals surface area contributed by atoms with E-state index < -0.39 is 0 Å². The zero-order valence-electron chi connectivity index (χ0n) is 11.8. The van der Waals surface area contributed by atoms with Crippen LogP contribution in [-0.2, 0) is 9.53 Å². The molecule has 0 radical (unpaired) electrons. The minimum Gasteiger partial charge on any atom is -0.494 e. The fourth-order valence-corrected chi connectivity index (χ4v) is 1.51. The largest absolute Gasteiger partial charge is 0.494 e. The summed E-state index contributed by atoms with van der Waals surface area (Å²) in [4.78, 5) is 23.3. The van der Waals surface area contributed by atoms with E-state index in [1.165, 1.54) is 0 Å². The van der Waals surface area contributed by atoms with Crippen LogP contribution in [0, 0.1) is 0 Å². The number of ether oxygens (including phenoxy) is 2. The molecule has 0 aliphatic rings. The minimum absolute atomic E-state index is 0.0680. The highest BCUT2D eigenvalue weighted by molar-refractivity contribution is 5.96. The molecule has 0 aromatic heterocycles. The van der Waals surface area contributed by atoms with Gasteiger partial charge in [-0.05, 0) is 25.1 Å². The van der Waals surface area contributed by atoms with E-state index in [1.54, 1.807) is 31.4 Å². The zero-order chi connectivity index (χ0) is 14.8. The van der Waals surface area contributed by atoms with Crippen LogP contribution in [0.1, 0.15) is 17.3 Å². The van der Waals surface area contributed by atoms with Gasteiger partial charge in [0, 0.05) is 19.2 Å². The summed E-state index contributed by atoms with van der Waals surface area (Å²) in [5, 5.41) is 5.17. The Labute approximate surface area is 118 Å². The van der Waals surface area contributed by atoms with Gasteiger partial charge in [0.2, 0.25) is 5.91 Å². The molecule has 2 amide bonds. The highest BCUT2D eigenvalue weighted by Crippen LogP contribution is 2.12. The standard InChI is InChI=1S/C14H20N2O4/c1-3-20-12-6-4-5-11(9-12)14(18)16-10-13(17)15-7-8-19-2/h4-6,9H,3,7-8,10H2,1-2H3,(H,15,17)(H,16,18). The summed E-state index contributed by atoms with van der Waals surface area (Å²) in [5.74, 6) is 0.0644. The molecule has 1 rings (SSSR count). The Morgan fingerprint density at radius 3 is 2.75 bits per heavy atom. The van der Waals surface area contributed by atoms with E-state index in [0.29, 0.717) is 31.1 Å². The lowest BCUT2D eigenvalue weighted by Crippen LogP contribution is -2.38. The van der Waals surface area contributed by atoms with Gasteiger partial charge in [-0.1, -0.05) is 6.07 Å². The topological polar surface area (TPSA) is 76.7 Å². The molecular weight excluding hydrogens is 260 g/mol. The smallest absolute Gasteiger partial charge is 0.251 e. The molecule has 1 aromatic carbocycles. The van der Waals surface area contributed by atoms with Crippen molar-refractivity contribution < 1.29 is 19.1 Å². The average molecular weight is 280 g/mol. The molecule has 0 saturated heterocycles. The van der Waals surface area contributed by atoms with E-state index in [4.69, 9.17) is 9.47 Å². The van der Waals surface area contributed by atoms with Crippen LogP contribution in [0.25, 0.3) is 0 Å². The molecule has 2 N–H and O–H groups in total. The van der Waals surface area contributed by atoms with E-state index in [9.17, 15) is 9.59 Å². The van der Waals surface area contributed by atoms with Crippen LogP contribution in [0.3, 0.4) is 0 Å². The first-order valence-electron chi connectivity index (χ1n) is 6.44. The van der Waals surface area contributed by atoms with Crippen molar-refractivity contribution in [3.63, 3.8) is 0 Å². The van der Waals surface area contributed by atoms with E-state index in [1.807, 2.05) is 6.92 Å². The molecule has 0 aliphatic carbocycles. The predicted molar refractivity (Wildman–Crippen MR) is 74.8 cm³/mol. The highest BCUT2D eigenvalue weighted by atomic mass is 16.5. The highest BCUT2D eigenvalue weighted by Gasteiger charge is 2.08. The van der Waals surface area contributed by atoms with E-state index >= 15 is 0 Å². The van der Waals surface area contributed by atoms with Crippen LogP contribution < -0.4 is 15.4 Å². The predicted octanol–water partition coefficient (Wildman–Crippen LogP) is 0.578. The Morgan fingerprint density at radius 1 is 1.25 bits per heavy atom. The number of benzene rings is 1. The van der Waals surface area contributed by atoms with Crippen molar-refractivity contribution in [1.82, 2.24) is 10.6 Å². The molecule has 1 aromatic rings. The van der Waals surface area contributed by atoms with Gasteiger partial charge in [-0.25, -0.2) is 0 Å². The molecule has 6 nitrogen and oxygen atoms in total. The summed E-state index contributed by atoms with van der Waals surface area (Å²) in [7, 11) is 1.55. The quantitative estimate of drug-likeness (QED) is 0.683. The van der Waals surface area contributed by atoms with Crippen molar-refractivity contribution in [1.29, 1.82) is 0 Å². The van der Waals surface area contributed by atoms with Gasteiger partial charge < -0.3 is 20.1 Å². The second-order valence-electron chi connectivity index (χ2n) is 3.99. The van der Waals surface area contributed by atoms with Crippen LogP contribution in [-0.4, -0.2) is 45.2 Å². The van der Waals surface area contributed by atoms with E-state index in [-0.39, 0.29) is 18.4 Å². The van der Waals surface area contributed by atoms with Crippen molar-refractivity contribution in [3.05, 3.63) is 29.8 Å². The summed E-state index contributed by atoms with van der Waals surface area (Å²) in [6.07, 6.45) is 0.